The lowest BCUT2D eigenvalue weighted by molar-refractivity contribution is -0.121. The summed E-state index contributed by atoms with van der Waals surface area (Å²) in [5.41, 5.74) is 2.05. The Hall–Kier alpha value is -3.19. The summed E-state index contributed by atoms with van der Waals surface area (Å²) in [6.07, 6.45) is 1.52. The van der Waals surface area contributed by atoms with Crippen molar-refractivity contribution in [2.24, 2.45) is 0 Å². The Labute approximate surface area is 176 Å². The highest BCUT2D eigenvalue weighted by atomic mass is 16.5. The Morgan fingerprint density at radius 1 is 1.00 bits per heavy atom. The summed E-state index contributed by atoms with van der Waals surface area (Å²) in [6, 6.07) is 14.2. The molecule has 1 fully saturated rings. The van der Waals surface area contributed by atoms with Crippen LogP contribution in [0.1, 0.15) is 39.1 Å². The van der Waals surface area contributed by atoms with E-state index in [1.165, 1.54) is 0 Å². The van der Waals surface area contributed by atoms with Crippen molar-refractivity contribution in [2.45, 2.75) is 25.8 Å². The zero-order valence-corrected chi connectivity index (χ0v) is 17.3. The van der Waals surface area contributed by atoms with Crippen LogP contribution >= 0.6 is 0 Å². The van der Waals surface area contributed by atoms with Crippen LogP contribution in [0.4, 0.5) is 0 Å². The number of nitrogens with zero attached hydrogens (tertiary/aromatic N) is 1. The molecule has 0 bridgehead atoms. The number of amides is 3. The van der Waals surface area contributed by atoms with Crippen LogP contribution < -0.4 is 15.4 Å². The summed E-state index contributed by atoms with van der Waals surface area (Å²) in [4.78, 5) is 38.9. The van der Waals surface area contributed by atoms with Gasteiger partial charge in [-0.15, -0.1) is 0 Å². The number of ether oxygens (including phenoxy) is 1. The minimum Gasteiger partial charge on any atom is -0.497 e. The van der Waals surface area contributed by atoms with Gasteiger partial charge in [0.15, 0.2) is 0 Å². The molecule has 0 aromatic heterocycles. The first kappa shape index (κ1) is 21.5. The summed E-state index contributed by atoms with van der Waals surface area (Å²) in [5, 5.41) is 5.50. The van der Waals surface area contributed by atoms with E-state index in [4.69, 9.17) is 4.74 Å². The number of rotatable bonds is 6. The number of likely N-dealkylation sites (tertiary alicyclic amines) is 1. The van der Waals surface area contributed by atoms with E-state index in [0.717, 1.165) is 18.4 Å². The first-order valence-electron chi connectivity index (χ1n) is 10.0. The van der Waals surface area contributed by atoms with Gasteiger partial charge in [0.1, 0.15) is 5.75 Å². The van der Waals surface area contributed by atoms with Gasteiger partial charge in [0, 0.05) is 30.3 Å². The fraction of sp³-hybridized carbons (Fsp3) is 0.348. The van der Waals surface area contributed by atoms with E-state index in [0.29, 0.717) is 30.0 Å². The quantitative estimate of drug-likeness (QED) is 0.763. The number of imide groups is 1. The van der Waals surface area contributed by atoms with Gasteiger partial charge in [0.2, 0.25) is 5.91 Å². The molecule has 7 nitrogen and oxygen atoms in total. The largest absolute Gasteiger partial charge is 0.497 e. The Balaban J connectivity index is 1.42. The molecular formula is C23H27N3O4. The highest BCUT2D eigenvalue weighted by Gasteiger charge is 2.23. The maximum atomic E-state index is 12.5. The third kappa shape index (κ3) is 5.67. The second-order valence-corrected chi connectivity index (χ2v) is 7.44. The zero-order valence-electron chi connectivity index (χ0n) is 17.3. The van der Waals surface area contributed by atoms with Gasteiger partial charge in [-0.05, 0) is 55.7 Å². The fourth-order valence-corrected chi connectivity index (χ4v) is 3.51. The molecule has 1 heterocycles. The number of methoxy groups -OCH3 is 1. The summed E-state index contributed by atoms with van der Waals surface area (Å²) < 4.78 is 5.06. The van der Waals surface area contributed by atoms with Crippen LogP contribution in [0.3, 0.4) is 0 Å². The maximum absolute atomic E-state index is 12.5. The third-order valence-electron chi connectivity index (χ3n) is 5.28. The minimum absolute atomic E-state index is 0.0608. The first-order chi connectivity index (χ1) is 14.5. The van der Waals surface area contributed by atoms with Crippen LogP contribution in [0.2, 0.25) is 0 Å². The van der Waals surface area contributed by atoms with E-state index in [1.54, 1.807) is 31.4 Å². The van der Waals surface area contributed by atoms with E-state index in [1.807, 2.05) is 36.1 Å². The van der Waals surface area contributed by atoms with Crippen LogP contribution in [0.25, 0.3) is 0 Å². The first-order valence-corrected chi connectivity index (χ1v) is 10.0. The monoisotopic (exact) mass is 409 g/mol. The van der Waals surface area contributed by atoms with Crippen molar-refractivity contribution in [2.75, 3.05) is 26.7 Å². The Kier molecular flexibility index (Phi) is 7.19. The molecule has 3 rings (SSSR count). The van der Waals surface area contributed by atoms with Crippen LogP contribution in [0.15, 0.2) is 48.5 Å². The number of nitrogens with one attached hydrogen (secondary N) is 2. The van der Waals surface area contributed by atoms with Crippen molar-refractivity contribution in [3.05, 3.63) is 65.2 Å². The van der Waals surface area contributed by atoms with Gasteiger partial charge in [-0.2, -0.15) is 0 Å². The van der Waals surface area contributed by atoms with Gasteiger partial charge >= 0.3 is 0 Å². The molecule has 158 valence electrons. The lowest BCUT2D eigenvalue weighted by Crippen LogP contribution is -2.48. The second-order valence-electron chi connectivity index (χ2n) is 7.44. The van der Waals surface area contributed by atoms with Crippen molar-refractivity contribution >= 4 is 17.7 Å². The van der Waals surface area contributed by atoms with Crippen LogP contribution in [-0.4, -0.2) is 55.4 Å². The van der Waals surface area contributed by atoms with Crippen molar-refractivity contribution < 1.29 is 19.1 Å². The number of hydrogen-bond acceptors (Lipinski definition) is 5. The summed E-state index contributed by atoms with van der Waals surface area (Å²) in [7, 11) is 1.55. The maximum Gasteiger partial charge on any atom is 0.257 e. The number of piperidine rings is 1. The molecule has 2 aromatic rings. The molecule has 30 heavy (non-hydrogen) atoms. The van der Waals surface area contributed by atoms with E-state index >= 15 is 0 Å². The summed E-state index contributed by atoms with van der Waals surface area (Å²) >= 11 is 0. The molecule has 1 saturated heterocycles. The Bertz CT molecular complexity index is 903. The number of carbonyl (C=O) groups excluding carboxylic acids is 3. The van der Waals surface area contributed by atoms with E-state index in [2.05, 4.69) is 10.6 Å². The van der Waals surface area contributed by atoms with Gasteiger partial charge in [0.25, 0.3) is 11.8 Å². The normalized spacial score (nSPS) is 14.7. The molecule has 1 aliphatic heterocycles. The molecule has 1 aliphatic rings. The molecular weight excluding hydrogens is 382 g/mol. The minimum atomic E-state index is -0.428. The van der Waals surface area contributed by atoms with Gasteiger partial charge in [-0.1, -0.05) is 18.2 Å². The Morgan fingerprint density at radius 2 is 1.67 bits per heavy atom. The van der Waals surface area contributed by atoms with Crippen LogP contribution in [-0.2, 0) is 4.79 Å². The molecule has 0 unspecified atom stereocenters. The van der Waals surface area contributed by atoms with Crippen LogP contribution in [0.5, 0.6) is 5.75 Å². The molecule has 0 saturated carbocycles. The highest BCUT2D eigenvalue weighted by molar-refractivity contribution is 6.05. The van der Waals surface area contributed by atoms with E-state index in [-0.39, 0.29) is 24.4 Å². The summed E-state index contributed by atoms with van der Waals surface area (Å²) in [6.45, 7) is 3.44. The van der Waals surface area contributed by atoms with Gasteiger partial charge < -0.3 is 10.1 Å². The van der Waals surface area contributed by atoms with Gasteiger partial charge in [0.05, 0.1) is 13.7 Å². The topological polar surface area (TPSA) is 87.7 Å². The molecule has 0 aliphatic carbocycles. The number of hydrogen-bond donors (Lipinski definition) is 2. The number of carbonyl (C=O) groups is 3. The summed E-state index contributed by atoms with van der Waals surface area (Å²) in [5.74, 6) is -0.175. The van der Waals surface area contributed by atoms with E-state index in [9.17, 15) is 14.4 Å². The predicted molar refractivity (Wildman–Crippen MR) is 114 cm³/mol. The molecule has 2 aromatic carbocycles. The van der Waals surface area contributed by atoms with Gasteiger partial charge in [-0.3, -0.25) is 24.6 Å². The molecule has 0 spiro atoms. The lowest BCUT2D eigenvalue weighted by atomic mass is 10.0. The van der Waals surface area contributed by atoms with Gasteiger partial charge in [-0.25, -0.2) is 0 Å². The average molecular weight is 409 g/mol. The van der Waals surface area contributed by atoms with E-state index < -0.39 is 5.91 Å². The molecule has 0 radical (unpaired) electrons. The zero-order chi connectivity index (χ0) is 21.5. The number of benzene rings is 2. The predicted octanol–water partition coefficient (Wildman–Crippen LogP) is 2.15. The standard InChI is InChI=1S/C23H27N3O4/c1-16-5-3-4-6-20(16)23(29)24-18-11-13-26(14-12-18)15-21(27)25-22(28)17-7-9-19(30-2)10-8-17/h3-10,18H,11-15H2,1-2H3,(H,24,29)(H,25,27,28). The average Bonchev–Trinajstić information content (AvgIpc) is 2.75. The van der Waals surface area contributed by atoms with Crippen molar-refractivity contribution in [1.82, 2.24) is 15.5 Å². The molecule has 2 N–H and O–H groups in total. The Morgan fingerprint density at radius 3 is 2.30 bits per heavy atom. The third-order valence-corrected chi connectivity index (χ3v) is 5.28. The fourth-order valence-electron chi connectivity index (χ4n) is 3.51. The smallest absolute Gasteiger partial charge is 0.257 e. The number of aryl methyl sites for hydroxylation is 1. The molecule has 7 heteroatoms. The van der Waals surface area contributed by atoms with Crippen molar-refractivity contribution in [3.63, 3.8) is 0 Å². The lowest BCUT2D eigenvalue weighted by Gasteiger charge is -2.31. The second kappa shape index (κ2) is 10.0. The molecule has 0 atom stereocenters. The SMILES string of the molecule is COc1ccc(C(=O)NC(=O)CN2CCC(NC(=O)c3ccccc3C)CC2)cc1. The van der Waals surface area contributed by atoms with Crippen molar-refractivity contribution in [1.29, 1.82) is 0 Å². The highest BCUT2D eigenvalue weighted by Crippen LogP contribution is 2.13. The molecule has 3 amide bonds. The van der Waals surface area contributed by atoms with Crippen molar-refractivity contribution in [3.8, 4) is 5.75 Å². The van der Waals surface area contributed by atoms with Crippen LogP contribution in [0, 0.1) is 6.92 Å².